The quantitative estimate of drug-likeness (QED) is 0.637. The third-order valence-corrected chi connectivity index (χ3v) is 0.924. The zero-order valence-electron chi connectivity index (χ0n) is 7.68. The van der Waals surface area contributed by atoms with Gasteiger partial charge in [-0.25, -0.2) is 4.79 Å². The lowest BCUT2D eigenvalue weighted by Crippen LogP contribution is -2.40. The number of carbonyl (C=O) groups excluding carboxylic acids is 1. The van der Waals surface area contributed by atoms with E-state index in [2.05, 4.69) is 10.1 Å². The second-order valence-corrected chi connectivity index (χ2v) is 3.42. The van der Waals surface area contributed by atoms with Gasteiger partial charge in [0.05, 0.1) is 12.5 Å². The summed E-state index contributed by atoms with van der Waals surface area (Å²) in [5.74, 6) is 0. The van der Waals surface area contributed by atoms with Gasteiger partial charge in [0, 0.05) is 5.54 Å². The van der Waals surface area contributed by atoms with Crippen LogP contribution in [0.5, 0.6) is 0 Å². The summed E-state index contributed by atoms with van der Waals surface area (Å²) < 4.78 is 4.69. The van der Waals surface area contributed by atoms with E-state index < -0.39 is 6.09 Å². The lowest BCUT2D eigenvalue weighted by atomic mass is 10.1. The summed E-state index contributed by atoms with van der Waals surface area (Å²) in [6, 6.07) is 1.88. The maximum atomic E-state index is 10.9. The van der Waals surface area contributed by atoms with Crippen molar-refractivity contribution in [2.75, 3.05) is 6.61 Å². The maximum absolute atomic E-state index is 10.9. The fraction of sp³-hybridized carbons (Fsp3) is 0.750. The predicted molar refractivity (Wildman–Crippen MR) is 44.5 cm³/mol. The molecular weight excluding hydrogens is 156 g/mol. The van der Waals surface area contributed by atoms with E-state index in [4.69, 9.17) is 5.26 Å². The van der Waals surface area contributed by atoms with Crippen LogP contribution in [0.3, 0.4) is 0 Å². The summed E-state index contributed by atoms with van der Waals surface area (Å²) in [5, 5.41) is 10.8. The molecule has 0 aliphatic heterocycles. The highest BCUT2D eigenvalue weighted by atomic mass is 16.5. The normalized spacial score (nSPS) is 10.2. The van der Waals surface area contributed by atoms with Gasteiger partial charge in [0.2, 0.25) is 0 Å². The Kier molecular flexibility index (Phi) is 4.12. The molecule has 4 heteroatoms. The molecular formula is C8H14N2O2. The number of rotatable bonds is 2. The molecule has 0 aliphatic rings. The third kappa shape index (κ3) is 6.87. The molecule has 0 aliphatic carbocycles. The topological polar surface area (TPSA) is 62.1 Å². The summed E-state index contributed by atoms with van der Waals surface area (Å²) in [5.41, 5.74) is -0.288. The van der Waals surface area contributed by atoms with E-state index in [9.17, 15) is 4.79 Å². The molecule has 0 aromatic rings. The van der Waals surface area contributed by atoms with Crippen molar-refractivity contribution in [2.24, 2.45) is 0 Å². The van der Waals surface area contributed by atoms with Crippen LogP contribution in [0.15, 0.2) is 0 Å². The number of carbonyl (C=O) groups is 1. The van der Waals surface area contributed by atoms with Gasteiger partial charge in [0.1, 0.15) is 6.61 Å². The summed E-state index contributed by atoms with van der Waals surface area (Å²) in [6.07, 6.45) is -0.241. The number of nitrogens with zero attached hydrogens (tertiary/aromatic N) is 1. The molecule has 0 spiro atoms. The summed E-state index contributed by atoms with van der Waals surface area (Å²) >= 11 is 0. The van der Waals surface area contributed by atoms with Crippen LogP contribution in [0.4, 0.5) is 4.79 Å². The molecule has 1 N–H and O–H groups in total. The molecule has 1 amide bonds. The highest BCUT2D eigenvalue weighted by Crippen LogP contribution is 1.98. The van der Waals surface area contributed by atoms with Gasteiger partial charge in [0.25, 0.3) is 0 Å². The highest BCUT2D eigenvalue weighted by Gasteiger charge is 2.13. The molecule has 0 bridgehead atoms. The highest BCUT2D eigenvalue weighted by molar-refractivity contribution is 5.68. The molecule has 0 unspecified atom stereocenters. The molecule has 0 aromatic carbocycles. The SMILES string of the molecule is CC(C)(C)NC(=O)OCCC#N. The molecule has 0 atom stereocenters. The Hall–Kier alpha value is -1.24. The van der Waals surface area contributed by atoms with Crippen molar-refractivity contribution in [2.45, 2.75) is 32.7 Å². The summed E-state index contributed by atoms with van der Waals surface area (Å²) in [4.78, 5) is 10.9. The van der Waals surface area contributed by atoms with Crippen LogP contribution in [-0.2, 0) is 4.74 Å². The smallest absolute Gasteiger partial charge is 0.407 e. The lowest BCUT2D eigenvalue weighted by molar-refractivity contribution is 0.140. The van der Waals surface area contributed by atoms with Crippen molar-refractivity contribution in [3.8, 4) is 6.07 Å². The molecule has 0 radical (unpaired) electrons. The van der Waals surface area contributed by atoms with E-state index in [1.54, 1.807) is 0 Å². The molecule has 0 saturated carbocycles. The van der Waals surface area contributed by atoms with Crippen molar-refractivity contribution in [3.63, 3.8) is 0 Å². The van der Waals surface area contributed by atoms with E-state index >= 15 is 0 Å². The van der Waals surface area contributed by atoms with Gasteiger partial charge in [-0.05, 0) is 20.8 Å². The standard InChI is InChI=1S/C8H14N2O2/c1-8(2,3)10-7(11)12-6-4-5-9/h4,6H2,1-3H3,(H,10,11). The summed E-state index contributed by atoms with van der Waals surface area (Å²) in [7, 11) is 0. The van der Waals surface area contributed by atoms with E-state index in [0.29, 0.717) is 0 Å². The van der Waals surface area contributed by atoms with Gasteiger partial charge in [-0.3, -0.25) is 0 Å². The Morgan fingerprint density at radius 1 is 1.58 bits per heavy atom. The van der Waals surface area contributed by atoms with E-state index in [0.717, 1.165) is 0 Å². The monoisotopic (exact) mass is 170 g/mol. The molecule has 12 heavy (non-hydrogen) atoms. The summed E-state index contributed by atoms with van der Waals surface area (Å²) in [6.45, 7) is 5.73. The van der Waals surface area contributed by atoms with E-state index in [-0.39, 0.29) is 18.6 Å². The largest absolute Gasteiger partial charge is 0.448 e. The first-order valence-corrected chi connectivity index (χ1v) is 3.77. The fourth-order valence-electron chi connectivity index (χ4n) is 0.532. The molecule has 4 nitrogen and oxygen atoms in total. The van der Waals surface area contributed by atoms with E-state index in [1.807, 2.05) is 26.8 Å². The number of alkyl carbamates (subject to hydrolysis) is 1. The van der Waals surface area contributed by atoms with Gasteiger partial charge in [-0.1, -0.05) is 0 Å². The Labute approximate surface area is 72.5 Å². The molecule has 0 fully saturated rings. The van der Waals surface area contributed by atoms with Crippen LogP contribution in [0, 0.1) is 11.3 Å². The predicted octanol–water partition coefficient (Wildman–Crippen LogP) is 1.42. The molecule has 0 heterocycles. The van der Waals surface area contributed by atoms with Crippen molar-refractivity contribution in [1.29, 1.82) is 5.26 Å². The molecule has 0 rings (SSSR count). The second kappa shape index (κ2) is 4.60. The van der Waals surface area contributed by atoms with Gasteiger partial charge >= 0.3 is 6.09 Å². The van der Waals surface area contributed by atoms with Gasteiger partial charge in [-0.15, -0.1) is 0 Å². The average Bonchev–Trinajstić information content (AvgIpc) is 1.84. The van der Waals surface area contributed by atoms with Crippen molar-refractivity contribution < 1.29 is 9.53 Å². The van der Waals surface area contributed by atoms with E-state index in [1.165, 1.54) is 0 Å². The average molecular weight is 170 g/mol. The molecule has 0 saturated heterocycles. The van der Waals surface area contributed by atoms with Crippen LogP contribution in [0.1, 0.15) is 27.2 Å². The second-order valence-electron chi connectivity index (χ2n) is 3.42. The zero-order chi connectivity index (χ0) is 9.61. The lowest BCUT2D eigenvalue weighted by Gasteiger charge is -2.19. The first-order chi connectivity index (χ1) is 5.45. The van der Waals surface area contributed by atoms with Crippen LogP contribution < -0.4 is 5.32 Å². The molecule has 0 aromatic heterocycles. The number of hydrogen-bond donors (Lipinski definition) is 1. The minimum atomic E-state index is -0.474. The third-order valence-electron chi connectivity index (χ3n) is 0.924. The van der Waals surface area contributed by atoms with Gasteiger partial charge in [0.15, 0.2) is 0 Å². The van der Waals surface area contributed by atoms with Crippen LogP contribution in [0.25, 0.3) is 0 Å². The number of hydrogen-bond acceptors (Lipinski definition) is 3. The number of nitrogens with one attached hydrogen (secondary N) is 1. The fourth-order valence-corrected chi connectivity index (χ4v) is 0.532. The Morgan fingerprint density at radius 2 is 2.17 bits per heavy atom. The van der Waals surface area contributed by atoms with Crippen LogP contribution in [0.2, 0.25) is 0 Å². The first-order valence-electron chi connectivity index (χ1n) is 3.77. The Morgan fingerprint density at radius 3 is 2.58 bits per heavy atom. The minimum Gasteiger partial charge on any atom is -0.448 e. The van der Waals surface area contributed by atoms with Crippen molar-refractivity contribution in [3.05, 3.63) is 0 Å². The van der Waals surface area contributed by atoms with Gasteiger partial charge < -0.3 is 10.1 Å². The van der Waals surface area contributed by atoms with Crippen LogP contribution in [-0.4, -0.2) is 18.2 Å². The number of nitriles is 1. The molecule has 68 valence electrons. The minimum absolute atomic E-state index is 0.151. The van der Waals surface area contributed by atoms with Crippen LogP contribution >= 0.6 is 0 Å². The Balaban J connectivity index is 3.56. The number of ether oxygens (including phenoxy) is 1. The first kappa shape index (κ1) is 10.8. The Bertz CT molecular complexity index is 188. The van der Waals surface area contributed by atoms with Crippen molar-refractivity contribution in [1.82, 2.24) is 5.32 Å². The number of amides is 1. The van der Waals surface area contributed by atoms with Crippen molar-refractivity contribution >= 4 is 6.09 Å². The van der Waals surface area contributed by atoms with Gasteiger partial charge in [-0.2, -0.15) is 5.26 Å². The zero-order valence-corrected chi connectivity index (χ0v) is 7.68. The maximum Gasteiger partial charge on any atom is 0.407 e.